The molecule has 0 radical (unpaired) electrons. The van der Waals surface area contributed by atoms with Crippen molar-refractivity contribution in [1.29, 1.82) is 0 Å². The maximum absolute atomic E-state index is 11.2. The summed E-state index contributed by atoms with van der Waals surface area (Å²) in [6, 6.07) is 12.6. The lowest BCUT2D eigenvalue weighted by Crippen LogP contribution is -1.99. The second kappa shape index (κ2) is 5.78. The van der Waals surface area contributed by atoms with E-state index >= 15 is 0 Å². The van der Waals surface area contributed by atoms with Gasteiger partial charge in [0.1, 0.15) is 0 Å². The molecule has 92 valence electrons. The van der Waals surface area contributed by atoms with Gasteiger partial charge in [-0.2, -0.15) is 0 Å². The highest BCUT2D eigenvalue weighted by Gasteiger charge is 2.14. The maximum atomic E-state index is 11.2. The summed E-state index contributed by atoms with van der Waals surface area (Å²) in [5, 5.41) is 9.84. The van der Waals surface area contributed by atoms with Crippen molar-refractivity contribution in [2.24, 2.45) is 0 Å². The molecule has 0 fully saturated rings. The molecule has 2 nitrogen and oxygen atoms in total. The summed E-state index contributed by atoms with van der Waals surface area (Å²) in [6.07, 6.45) is 0. The van der Waals surface area contributed by atoms with Crippen molar-refractivity contribution in [2.45, 2.75) is 9.79 Å². The standard InChI is InChI=1S/C13H8BrClO2S/c14-10-5-2-6-11(12(10)13(16)17)18-9-4-1-3-8(15)7-9/h1-7H,(H,16,17). The Morgan fingerprint density at radius 1 is 1.22 bits per heavy atom. The summed E-state index contributed by atoms with van der Waals surface area (Å²) in [7, 11) is 0. The summed E-state index contributed by atoms with van der Waals surface area (Å²) in [5.74, 6) is -0.952. The van der Waals surface area contributed by atoms with Crippen LogP contribution in [0.2, 0.25) is 5.02 Å². The zero-order valence-electron chi connectivity index (χ0n) is 9.06. The van der Waals surface area contributed by atoms with Gasteiger partial charge >= 0.3 is 5.97 Å². The zero-order chi connectivity index (χ0) is 13.1. The van der Waals surface area contributed by atoms with Gasteiger partial charge in [0.25, 0.3) is 0 Å². The molecule has 2 aromatic rings. The molecule has 0 saturated heterocycles. The van der Waals surface area contributed by atoms with E-state index in [4.69, 9.17) is 11.6 Å². The van der Waals surface area contributed by atoms with Crippen molar-refractivity contribution >= 4 is 45.3 Å². The van der Waals surface area contributed by atoms with Gasteiger partial charge in [0.15, 0.2) is 0 Å². The molecule has 2 rings (SSSR count). The van der Waals surface area contributed by atoms with E-state index in [-0.39, 0.29) is 5.56 Å². The molecule has 2 aromatic carbocycles. The van der Waals surface area contributed by atoms with E-state index in [0.29, 0.717) is 14.4 Å². The lowest BCUT2D eigenvalue weighted by molar-refractivity contribution is 0.0692. The first-order valence-electron chi connectivity index (χ1n) is 5.03. The number of hydrogen-bond donors (Lipinski definition) is 1. The SMILES string of the molecule is O=C(O)c1c(Br)cccc1Sc1cccc(Cl)c1. The Hall–Kier alpha value is -0.970. The quantitative estimate of drug-likeness (QED) is 0.856. The van der Waals surface area contributed by atoms with E-state index in [2.05, 4.69) is 15.9 Å². The molecule has 0 amide bonds. The van der Waals surface area contributed by atoms with E-state index in [9.17, 15) is 9.90 Å². The average molecular weight is 344 g/mol. The molecular formula is C13H8BrClO2S. The van der Waals surface area contributed by atoms with Crippen molar-refractivity contribution in [3.8, 4) is 0 Å². The first-order chi connectivity index (χ1) is 8.58. The second-order valence-corrected chi connectivity index (χ2v) is 5.88. The molecule has 0 aliphatic rings. The summed E-state index contributed by atoms with van der Waals surface area (Å²) in [4.78, 5) is 12.8. The van der Waals surface area contributed by atoms with E-state index < -0.39 is 5.97 Å². The first kappa shape index (κ1) is 13.5. The minimum absolute atomic E-state index is 0.266. The van der Waals surface area contributed by atoms with Crippen LogP contribution in [0.25, 0.3) is 0 Å². The lowest BCUT2D eigenvalue weighted by atomic mass is 10.2. The Labute approximate surface area is 122 Å². The third-order valence-electron chi connectivity index (χ3n) is 2.21. The van der Waals surface area contributed by atoms with Crippen LogP contribution in [0, 0.1) is 0 Å². The molecule has 0 aromatic heterocycles. The van der Waals surface area contributed by atoms with E-state index in [1.165, 1.54) is 11.8 Å². The highest BCUT2D eigenvalue weighted by Crippen LogP contribution is 2.34. The number of halogens is 2. The van der Waals surface area contributed by atoms with Crippen LogP contribution in [-0.2, 0) is 0 Å². The number of carboxylic acid groups (broad SMARTS) is 1. The minimum atomic E-state index is -0.952. The Balaban J connectivity index is 2.40. The topological polar surface area (TPSA) is 37.3 Å². The fourth-order valence-electron chi connectivity index (χ4n) is 1.45. The second-order valence-electron chi connectivity index (χ2n) is 3.48. The molecule has 1 N–H and O–H groups in total. The molecule has 0 saturated carbocycles. The smallest absolute Gasteiger partial charge is 0.338 e. The number of rotatable bonds is 3. The molecule has 5 heteroatoms. The number of benzene rings is 2. The fraction of sp³-hybridized carbons (Fsp3) is 0. The van der Waals surface area contributed by atoms with Crippen molar-refractivity contribution < 1.29 is 9.90 Å². The molecule has 0 bridgehead atoms. The molecule has 18 heavy (non-hydrogen) atoms. The molecule has 0 atom stereocenters. The molecule has 0 heterocycles. The molecule has 0 spiro atoms. The minimum Gasteiger partial charge on any atom is -0.478 e. The van der Waals surface area contributed by atoms with Crippen LogP contribution < -0.4 is 0 Å². The van der Waals surface area contributed by atoms with Crippen LogP contribution in [0.15, 0.2) is 56.7 Å². The molecule has 0 aliphatic carbocycles. The van der Waals surface area contributed by atoms with Crippen molar-refractivity contribution in [2.75, 3.05) is 0 Å². The fourth-order valence-corrected chi connectivity index (χ4v) is 3.41. The van der Waals surface area contributed by atoms with Gasteiger partial charge in [-0.1, -0.05) is 35.5 Å². The molecule has 0 aliphatic heterocycles. The van der Waals surface area contributed by atoms with E-state index in [1.807, 2.05) is 18.2 Å². The number of carbonyl (C=O) groups is 1. The molecule has 0 unspecified atom stereocenters. The van der Waals surface area contributed by atoms with Crippen molar-refractivity contribution in [1.82, 2.24) is 0 Å². The van der Waals surface area contributed by atoms with Crippen LogP contribution in [0.5, 0.6) is 0 Å². The van der Waals surface area contributed by atoms with Gasteiger partial charge in [0.2, 0.25) is 0 Å². The predicted molar refractivity (Wildman–Crippen MR) is 76.7 cm³/mol. The maximum Gasteiger partial charge on any atom is 0.338 e. The number of carboxylic acids is 1. The van der Waals surface area contributed by atoms with Crippen LogP contribution in [-0.4, -0.2) is 11.1 Å². The van der Waals surface area contributed by atoms with Crippen molar-refractivity contribution in [3.63, 3.8) is 0 Å². The summed E-state index contributed by atoms with van der Waals surface area (Å²) in [6.45, 7) is 0. The van der Waals surface area contributed by atoms with Crippen LogP contribution >= 0.6 is 39.3 Å². The van der Waals surface area contributed by atoms with Gasteiger partial charge in [0, 0.05) is 19.3 Å². The molecular weight excluding hydrogens is 336 g/mol. The summed E-state index contributed by atoms with van der Waals surface area (Å²) < 4.78 is 0.571. The lowest BCUT2D eigenvalue weighted by Gasteiger charge is -2.07. The summed E-state index contributed by atoms with van der Waals surface area (Å²) in [5.41, 5.74) is 0.266. The van der Waals surface area contributed by atoms with Crippen LogP contribution in [0.3, 0.4) is 0 Å². The van der Waals surface area contributed by atoms with Gasteiger partial charge in [0.05, 0.1) is 5.56 Å². The van der Waals surface area contributed by atoms with E-state index in [0.717, 1.165) is 4.90 Å². The predicted octanol–water partition coefficient (Wildman–Crippen LogP) is 4.95. The highest BCUT2D eigenvalue weighted by atomic mass is 79.9. The van der Waals surface area contributed by atoms with E-state index in [1.54, 1.807) is 24.3 Å². The monoisotopic (exact) mass is 342 g/mol. The van der Waals surface area contributed by atoms with Gasteiger partial charge in [-0.25, -0.2) is 4.79 Å². The Morgan fingerprint density at radius 3 is 2.61 bits per heavy atom. The van der Waals surface area contributed by atoms with Gasteiger partial charge in [-0.15, -0.1) is 0 Å². The normalized spacial score (nSPS) is 10.3. The van der Waals surface area contributed by atoms with Gasteiger partial charge < -0.3 is 5.11 Å². The van der Waals surface area contributed by atoms with Crippen molar-refractivity contribution in [3.05, 3.63) is 57.5 Å². The highest BCUT2D eigenvalue weighted by molar-refractivity contribution is 9.10. The van der Waals surface area contributed by atoms with Crippen LogP contribution in [0.1, 0.15) is 10.4 Å². The zero-order valence-corrected chi connectivity index (χ0v) is 12.2. The Kier molecular flexibility index (Phi) is 4.32. The average Bonchev–Trinajstić information content (AvgIpc) is 2.28. The van der Waals surface area contributed by atoms with Crippen LogP contribution in [0.4, 0.5) is 0 Å². The largest absolute Gasteiger partial charge is 0.478 e. The van der Waals surface area contributed by atoms with Gasteiger partial charge in [-0.05, 0) is 46.3 Å². The Morgan fingerprint density at radius 2 is 1.94 bits per heavy atom. The first-order valence-corrected chi connectivity index (χ1v) is 7.02. The Bertz CT molecular complexity index is 601. The van der Waals surface area contributed by atoms with Gasteiger partial charge in [-0.3, -0.25) is 0 Å². The third-order valence-corrected chi connectivity index (χ3v) is 4.16. The number of hydrogen-bond acceptors (Lipinski definition) is 2. The summed E-state index contributed by atoms with van der Waals surface area (Å²) >= 11 is 10.5. The number of aromatic carboxylic acids is 1. The third kappa shape index (κ3) is 3.07.